The molecule has 88 valence electrons. The number of anilines is 1. The number of rotatable bonds is 1. The van der Waals surface area contributed by atoms with Crippen molar-refractivity contribution < 1.29 is 0 Å². The second kappa shape index (κ2) is 4.20. The van der Waals surface area contributed by atoms with E-state index in [0.717, 1.165) is 29.8 Å². The largest absolute Gasteiger partial charge is 0.356 e. The van der Waals surface area contributed by atoms with Crippen molar-refractivity contribution in [1.82, 2.24) is 9.97 Å². The maximum Gasteiger partial charge on any atom is 0.347 e. The van der Waals surface area contributed by atoms with Crippen LogP contribution in [0.25, 0.3) is 10.9 Å². The van der Waals surface area contributed by atoms with Gasteiger partial charge in [-0.05, 0) is 31.4 Å². The molecule has 0 amide bonds. The van der Waals surface area contributed by atoms with Gasteiger partial charge in [-0.25, -0.2) is 4.79 Å². The van der Waals surface area contributed by atoms with Crippen LogP contribution in [-0.4, -0.2) is 23.1 Å². The molecule has 0 radical (unpaired) electrons. The molecule has 0 atom stereocenters. The lowest BCUT2D eigenvalue weighted by Crippen LogP contribution is -2.32. The van der Waals surface area contributed by atoms with E-state index in [4.69, 9.17) is 0 Å². The van der Waals surface area contributed by atoms with E-state index in [1.807, 2.05) is 24.3 Å². The molecule has 2 aromatic rings. The molecule has 1 aliphatic rings. The number of nitrogens with one attached hydrogen (secondary N) is 1. The van der Waals surface area contributed by atoms with Crippen LogP contribution in [0.5, 0.6) is 0 Å². The zero-order valence-corrected chi connectivity index (χ0v) is 9.65. The minimum atomic E-state index is -0.260. The van der Waals surface area contributed by atoms with Gasteiger partial charge in [0.25, 0.3) is 0 Å². The Morgan fingerprint density at radius 2 is 1.88 bits per heavy atom. The molecule has 1 aliphatic heterocycles. The quantitative estimate of drug-likeness (QED) is 0.812. The summed E-state index contributed by atoms with van der Waals surface area (Å²) in [7, 11) is 0. The smallest absolute Gasteiger partial charge is 0.347 e. The van der Waals surface area contributed by atoms with Crippen LogP contribution < -0.4 is 10.6 Å². The van der Waals surface area contributed by atoms with Gasteiger partial charge in [0.15, 0.2) is 0 Å². The Morgan fingerprint density at radius 3 is 2.71 bits per heavy atom. The molecule has 0 spiro atoms. The Hall–Kier alpha value is -1.84. The third-order valence-electron chi connectivity index (χ3n) is 3.27. The Balaban J connectivity index is 2.16. The van der Waals surface area contributed by atoms with Gasteiger partial charge in [-0.2, -0.15) is 4.98 Å². The molecule has 0 bridgehead atoms. The highest BCUT2D eigenvalue weighted by molar-refractivity contribution is 5.89. The molecule has 0 saturated carbocycles. The molecular formula is C13H15N3O. The Bertz CT molecular complexity index is 584. The lowest BCUT2D eigenvalue weighted by atomic mass is 10.1. The number of piperidine rings is 1. The number of aromatic nitrogens is 2. The molecule has 1 fully saturated rings. The number of benzene rings is 1. The number of hydrogen-bond acceptors (Lipinski definition) is 3. The fraction of sp³-hybridized carbons (Fsp3) is 0.385. The van der Waals surface area contributed by atoms with Gasteiger partial charge in [-0.15, -0.1) is 0 Å². The summed E-state index contributed by atoms with van der Waals surface area (Å²) in [5.41, 5.74) is 0.609. The van der Waals surface area contributed by atoms with E-state index in [0.29, 0.717) is 0 Å². The summed E-state index contributed by atoms with van der Waals surface area (Å²) < 4.78 is 0. The van der Waals surface area contributed by atoms with Crippen molar-refractivity contribution in [2.75, 3.05) is 18.0 Å². The first-order valence-electron chi connectivity index (χ1n) is 6.08. The van der Waals surface area contributed by atoms with E-state index in [1.54, 1.807) is 0 Å². The van der Waals surface area contributed by atoms with E-state index in [1.165, 1.54) is 19.3 Å². The topological polar surface area (TPSA) is 49.0 Å². The summed E-state index contributed by atoms with van der Waals surface area (Å²) in [5, 5.41) is 1.04. The molecule has 0 aliphatic carbocycles. The molecule has 1 saturated heterocycles. The van der Waals surface area contributed by atoms with Crippen LogP contribution >= 0.6 is 0 Å². The highest BCUT2D eigenvalue weighted by Gasteiger charge is 2.15. The molecule has 4 nitrogen and oxygen atoms in total. The molecule has 1 N–H and O–H groups in total. The summed E-state index contributed by atoms with van der Waals surface area (Å²) in [6.07, 6.45) is 3.64. The minimum Gasteiger partial charge on any atom is -0.356 e. The molecule has 1 aromatic carbocycles. The van der Waals surface area contributed by atoms with Crippen LogP contribution in [-0.2, 0) is 0 Å². The molecule has 17 heavy (non-hydrogen) atoms. The van der Waals surface area contributed by atoms with Crippen molar-refractivity contribution >= 4 is 16.7 Å². The van der Waals surface area contributed by atoms with Crippen LogP contribution in [0.15, 0.2) is 29.1 Å². The summed E-state index contributed by atoms with van der Waals surface area (Å²) in [4.78, 5) is 20.7. The van der Waals surface area contributed by atoms with Gasteiger partial charge in [-0.1, -0.05) is 12.1 Å². The molecular weight excluding hydrogens is 214 g/mol. The van der Waals surface area contributed by atoms with Crippen LogP contribution in [0.1, 0.15) is 19.3 Å². The number of aromatic amines is 1. The number of nitrogens with zero attached hydrogens (tertiary/aromatic N) is 2. The maximum absolute atomic E-state index is 11.6. The van der Waals surface area contributed by atoms with Gasteiger partial charge in [-0.3, -0.25) is 0 Å². The van der Waals surface area contributed by atoms with Crippen molar-refractivity contribution in [2.24, 2.45) is 0 Å². The van der Waals surface area contributed by atoms with Gasteiger partial charge in [0.2, 0.25) is 0 Å². The first-order chi connectivity index (χ1) is 8.34. The predicted molar refractivity (Wildman–Crippen MR) is 68.4 cm³/mol. The Labute approximate surface area is 99.3 Å². The van der Waals surface area contributed by atoms with Crippen molar-refractivity contribution in [1.29, 1.82) is 0 Å². The zero-order chi connectivity index (χ0) is 11.7. The summed E-state index contributed by atoms with van der Waals surface area (Å²) >= 11 is 0. The average Bonchev–Trinajstić information content (AvgIpc) is 2.39. The highest BCUT2D eigenvalue weighted by Crippen LogP contribution is 2.24. The van der Waals surface area contributed by atoms with E-state index in [9.17, 15) is 4.79 Å². The molecule has 0 unspecified atom stereocenters. The van der Waals surface area contributed by atoms with Crippen molar-refractivity contribution in [2.45, 2.75) is 19.3 Å². The summed E-state index contributed by atoms with van der Waals surface area (Å²) in [6.45, 7) is 2.00. The molecule has 1 aromatic heterocycles. The van der Waals surface area contributed by atoms with Crippen LogP contribution in [0, 0.1) is 0 Å². The lowest BCUT2D eigenvalue weighted by Gasteiger charge is -2.28. The van der Waals surface area contributed by atoms with Crippen LogP contribution in [0.2, 0.25) is 0 Å². The minimum absolute atomic E-state index is 0.260. The predicted octanol–water partition coefficient (Wildman–Crippen LogP) is 1.91. The van der Waals surface area contributed by atoms with Crippen molar-refractivity contribution in [3.8, 4) is 0 Å². The fourth-order valence-corrected chi connectivity index (χ4v) is 2.43. The second-order valence-corrected chi connectivity index (χ2v) is 4.46. The first-order valence-corrected chi connectivity index (χ1v) is 6.08. The average molecular weight is 229 g/mol. The first kappa shape index (κ1) is 10.3. The van der Waals surface area contributed by atoms with Crippen LogP contribution in [0.3, 0.4) is 0 Å². The Kier molecular flexibility index (Phi) is 2.55. The van der Waals surface area contributed by atoms with Crippen molar-refractivity contribution in [3.05, 3.63) is 34.7 Å². The van der Waals surface area contributed by atoms with Crippen LogP contribution in [0.4, 0.5) is 5.82 Å². The fourth-order valence-electron chi connectivity index (χ4n) is 2.43. The Morgan fingerprint density at radius 1 is 1.12 bits per heavy atom. The highest BCUT2D eigenvalue weighted by atomic mass is 16.1. The number of fused-ring (bicyclic) bond motifs is 1. The zero-order valence-electron chi connectivity index (χ0n) is 9.65. The van der Waals surface area contributed by atoms with E-state index in [2.05, 4.69) is 14.9 Å². The third-order valence-corrected chi connectivity index (χ3v) is 3.27. The monoisotopic (exact) mass is 229 g/mol. The van der Waals surface area contributed by atoms with Gasteiger partial charge >= 0.3 is 5.69 Å². The van der Waals surface area contributed by atoms with Crippen molar-refractivity contribution in [3.63, 3.8) is 0 Å². The maximum atomic E-state index is 11.6. The number of H-pyrrole nitrogens is 1. The SMILES string of the molecule is O=c1nc(N2CCCCC2)c2ccccc2[nH]1. The molecule has 3 rings (SSSR count). The third kappa shape index (κ3) is 1.90. The lowest BCUT2D eigenvalue weighted by molar-refractivity contribution is 0.574. The second-order valence-electron chi connectivity index (χ2n) is 4.46. The van der Waals surface area contributed by atoms with E-state index < -0.39 is 0 Å². The van der Waals surface area contributed by atoms with E-state index in [-0.39, 0.29) is 5.69 Å². The van der Waals surface area contributed by atoms with Gasteiger partial charge in [0, 0.05) is 18.5 Å². The molecule has 4 heteroatoms. The number of para-hydroxylation sites is 1. The van der Waals surface area contributed by atoms with Gasteiger partial charge < -0.3 is 9.88 Å². The van der Waals surface area contributed by atoms with Gasteiger partial charge in [0.05, 0.1) is 5.52 Å². The van der Waals surface area contributed by atoms with Gasteiger partial charge in [0.1, 0.15) is 5.82 Å². The van der Waals surface area contributed by atoms with E-state index >= 15 is 0 Å². The summed E-state index contributed by atoms with van der Waals surface area (Å²) in [6, 6.07) is 7.85. The molecule has 2 heterocycles. The normalized spacial score (nSPS) is 16.4. The summed E-state index contributed by atoms with van der Waals surface area (Å²) in [5.74, 6) is 0.837. The number of hydrogen-bond donors (Lipinski definition) is 1. The standard InChI is InChI=1S/C13H15N3O/c17-13-14-11-7-3-2-6-10(11)12(15-13)16-8-4-1-5-9-16/h2-3,6-7H,1,4-5,8-9H2,(H,14,15,17).